The SMILES string of the molecule is CC(C)C1=C(c2ccccc2)C(C(C)C)C(C(C)C)=C1c1ccccc1. The van der Waals surface area contributed by atoms with Gasteiger partial charge in [0, 0.05) is 5.92 Å². The largest absolute Gasteiger partial charge is 0.0622 e. The first-order valence-electron chi connectivity index (χ1n) is 10.0. The van der Waals surface area contributed by atoms with E-state index in [9.17, 15) is 0 Å². The van der Waals surface area contributed by atoms with E-state index in [2.05, 4.69) is 102 Å². The summed E-state index contributed by atoms with van der Waals surface area (Å²) >= 11 is 0. The lowest BCUT2D eigenvalue weighted by Crippen LogP contribution is -2.15. The Morgan fingerprint density at radius 3 is 1.54 bits per heavy atom. The van der Waals surface area contributed by atoms with E-state index in [0.29, 0.717) is 23.7 Å². The van der Waals surface area contributed by atoms with Crippen molar-refractivity contribution < 1.29 is 0 Å². The molecule has 0 N–H and O–H groups in total. The Morgan fingerprint density at radius 2 is 1.12 bits per heavy atom. The minimum absolute atomic E-state index is 0.491. The standard InChI is InChI=1S/C26H32/c1-17(2)22-23(18(3)4)26(21-15-11-8-12-16-21)24(19(5)6)25(22)20-13-9-7-10-14-20/h7-19,22H,1-6H3. The smallest absolute Gasteiger partial charge is 0.00920 e. The third-order valence-electron chi connectivity index (χ3n) is 5.51. The highest BCUT2D eigenvalue weighted by atomic mass is 14.4. The Balaban J connectivity index is 2.36. The highest BCUT2D eigenvalue weighted by Crippen LogP contribution is 2.54. The first-order valence-corrected chi connectivity index (χ1v) is 10.0. The molecule has 0 saturated carbocycles. The molecule has 0 saturated heterocycles. The maximum absolute atomic E-state index is 2.38. The first kappa shape index (κ1) is 18.7. The van der Waals surface area contributed by atoms with Crippen molar-refractivity contribution >= 4 is 11.1 Å². The van der Waals surface area contributed by atoms with Crippen molar-refractivity contribution in [3.63, 3.8) is 0 Å². The van der Waals surface area contributed by atoms with Gasteiger partial charge in [-0.2, -0.15) is 0 Å². The molecule has 0 heterocycles. The summed E-state index contributed by atoms with van der Waals surface area (Å²) in [5.41, 5.74) is 8.99. The van der Waals surface area contributed by atoms with E-state index in [1.807, 2.05) is 0 Å². The third kappa shape index (κ3) is 3.30. The van der Waals surface area contributed by atoms with Crippen LogP contribution in [0.25, 0.3) is 11.1 Å². The van der Waals surface area contributed by atoms with E-state index in [0.717, 1.165) is 0 Å². The summed E-state index contributed by atoms with van der Waals surface area (Å²) in [6, 6.07) is 22.1. The fourth-order valence-corrected chi connectivity index (χ4v) is 4.59. The van der Waals surface area contributed by atoms with Crippen molar-refractivity contribution in [2.24, 2.45) is 23.7 Å². The predicted octanol–water partition coefficient (Wildman–Crippen LogP) is 7.49. The van der Waals surface area contributed by atoms with Gasteiger partial charge in [0.15, 0.2) is 0 Å². The van der Waals surface area contributed by atoms with Crippen LogP contribution in [0, 0.1) is 23.7 Å². The Kier molecular flexibility index (Phi) is 5.51. The van der Waals surface area contributed by atoms with Gasteiger partial charge in [-0.3, -0.25) is 0 Å². The molecule has 136 valence electrons. The van der Waals surface area contributed by atoms with Crippen LogP contribution >= 0.6 is 0 Å². The molecule has 0 aliphatic heterocycles. The molecule has 0 nitrogen and oxygen atoms in total. The summed E-state index contributed by atoms with van der Waals surface area (Å²) < 4.78 is 0. The second-order valence-corrected chi connectivity index (χ2v) is 8.42. The summed E-state index contributed by atoms with van der Waals surface area (Å²) in [4.78, 5) is 0. The van der Waals surface area contributed by atoms with E-state index in [1.54, 1.807) is 16.7 Å². The van der Waals surface area contributed by atoms with E-state index in [1.165, 1.54) is 16.7 Å². The second-order valence-electron chi connectivity index (χ2n) is 8.42. The average Bonchev–Trinajstić information content (AvgIpc) is 3.00. The molecule has 26 heavy (non-hydrogen) atoms. The van der Waals surface area contributed by atoms with Gasteiger partial charge in [-0.1, -0.05) is 108 Å². The van der Waals surface area contributed by atoms with Crippen molar-refractivity contribution in [2.75, 3.05) is 0 Å². The van der Waals surface area contributed by atoms with E-state index < -0.39 is 0 Å². The minimum atomic E-state index is 0.491. The van der Waals surface area contributed by atoms with Crippen LogP contribution in [-0.4, -0.2) is 0 Å². The zero-order chi connectivity index (χ0) is 18.8. The Bertz CT molecular complexity index is 802. The molecule has 0 fully saturated rings. The van der Waals surface area contributed by atoms with Crippen LogP contribution < -0.4 is 0 Å². The quantitative estimate of drug-likeness (QED) is 0.527. The highest BCUT2D eigenvalue weighted by Gasteiger charge is 2.38. The monoisotopic (exact) mass is 344 g/mol. The van der Waals surface area contributed by atoms with Crippen LogP contribution in [-0.2, 0) is 0 Å². The van der Waals surface area contributed by atoms with Crippen molar-refractivity contribution in [3.05, 3.63) is 82.9 Å². The summed E-state index contributed by atoms with van der Waals surface area (Å²) in [6.07, 6.45) is 0. The molecule has 2 aromatic rings. The molecule has 2 aromatic carbocycles. The van der Waals surface area contributed by atoms with Gasteiger partial charge in [0.2, 0.25) is 0 Å². The zero-order valence-electron chi connectivity index (χ0n) is 17.1. The fourth-order valence-electron chi connectivity index (χ4n) is 4.59. The van der Waals surface area contributed by atoms with Gasteiger partial charge in [-0.15, -0.1) is 0 Å². The van der Waals surface area contributed by atoms with Gasteiger partial charge in [0.25, 0.3) is 0 Å². The van der Waals surface area contributed by atoms with Crippen LogP contribution in [0.15, 0.2) is 71.8 Å². The van der Waals surface area contributed by atoms with Crippen LogP contribution in [0.2, 0.25) is 0 Å². The van der Waals surface area contributed by atoms with Crippen LogP contribution in [0.5, 0.6) is 0 Å². The molecule has 0 aromatic heterocycles. The number of hydrogen-bond acceptors (Lipinski definition) is 0. The van der Waals surface area contributed by atoms with Gasteiger partial charge < -0.3 is 0 Å². The number of hydrogen-bond donors (Lipinski definition) is 0. The van der Waals surface area contributed by atoms with E-state index >= 15 is 0 Å². The first-order chi connectivity index (χ1) is 12.4. The van der Waals surface area contributed by atoms with Crippen molar-refractivity contribution in [2.45, 2.75) is 41.5 Å². The molecule has 1 aliphatic rings. The molecule has 1 atom stereocenters. The Morgan fingerprint density at radius 1 is 0.615 bits per heavy atom. The van der Waals surface area contributed by atoms with Gasteiger partial charge in [0.05, 0.1) is 0 Å². The molecular formula is C26H32. The maximum Gasteiger partial charge on any atom is 0.00920 e. The lowest BCUT2D eigenvalue weighted by molar-refractivity contribution is 0.503. The molecule has 1 aliphatic carbocycles. The predicted molar refractivity (Wildman–Crippen MR) is 115 cm³/mol. The molecule has 0 spiro atoms. The number of rotatable bonds is 5. The van der Waals surface area contributed by atoms with Crippen molar-refractivity contribution in [1.82, 2.24) is 0 Å². The zero-order valence-corrected chi connectivity index (χ0v) is 17.1. The summed E-state index contributed by atoms with van der Waals surface area (Å²) in [5, 5.41) is 0. The average molecular weight is 345 g/mol. The number of allylic oxidation sites excluding steroid dienone is 4. The van der Waals surface area contributed by atoms with Gasteiger partial charge in [-0.05, 0) is 45.6 Å². The molecule has 0 amide bonds. The van der Waals surface area contributed by atoms with Crippen molar-refractivity contribution in [3.8, 4) is 0 Å². The van der Waals surface area contributed by atoms with E-state index in [4.69, 9.17) is 0 Å². The van der Waals surface area contributed by atoms with Crippen LogP contribution in [0.1, 0.15) is 52.7 Å². The molecule has 0 heteroatoms. The summed E-state index contributed by atoms with van der Waals surface area (Å²) in [5.74, 6) is 2.10. The third-order valence-corrected chi connectivity index (χ3v) is 5.51. The molecule has 0 radical (unpaired) electrons. The normalized spacial score (nSPS) is 18.0. The van der Waals surface area contributed by atoms with Gasteiger partial charge >= 0.3 is 0 Å². The van der Waals surface area contributed by atoms with E-state index in [-0.39, 0.29) is 0 Å². The molecule has 1 unspecified atom stereocenters. The Labute approximate surface area is 159 Å². The van der Waals surface area contributed by atoms with Gasteiger partial charge in [0.1, 0.15) is 0 Å². The highest BCUT2D eigenvalue weighted by molar-refractivity contribution is 5.98. The summed E-state index contributed by atoms with van der Waals surface area (Å²) in [7, 11) is 0. The van der Waals surface area contributed by atoms with Crippen LogP contribution in [0.3, 0.4) is 0 Å². The molecule has 0 bridgehead atoms. The molecule has 3 rings (SSSR count). The maximum atomic E-state index is 2.38. The fraction of sp³-hybridized carbons (Fsp3) is 0.385. The summed E-state index contributed by atoms with van der Waals surface area (Å²) in [6.45, 7) is 14.2. The lowest BCUT2D eigenvalue weighted by Gasteiger charge is -2.26. The Hall–Kier alpha value is -2.08. The van der Waals surface area contributed by atoms with Gasteiger partial charge in [-0.25, -0.2) is 0 Å². The minimum Gasteiger partial charge on any atom is -0.0622 e. The van der Waals surface area contributed by atoms with Crippen LogP contribution in [0.4, 0.5) is 0 Å². The topological polar surface area (TPSA) is 0 Å². The lowest BCUT2D eigenvalue weighted by atomic mass is 9.77. The second kappa shape index (κ2) is 7.66. The van der Waals surface area contributed by atoms with Crippen molar-refractivity contribution in [1.29, 1.82) is 0 Å². The number of benzene rings is 2. The molecular weight excluding hydrogens is 312 g/mol.